The fourth-order valence-electron chi connectivity index (χ4n) is 4.49. The van der Waals surface area contributed by atoms with Gasteiger partial charge in [-0.15, -0.1) is 29.1 Å². The summed E-state index contributed by atoms with van der Waals surface area (Å²) in [4.78, 5) is 14.4. The van der Waals surface area contributed by atoms with Crippen LogP contribution < -0.4 is 22.1 Å². The fourth-order valence-corrected chi connectivity index (χ4v) is 7.83. The zero-order valence-electron chi connectivity index (χ0n) is 29.7. The number of rotatable bonds is 20. The molecule has 5 rings (SSSR count). The Hall–Kier alpha value is -5.30. The zero-order chi connectivity index (χ0) is 44.4. The summed E-state index contributed by atoms with van der Waals surface area (Å²) in [6, 6.07) is 13.5. The van der Waals surface area contributed by atoms with Gasteiger partial charge in [-0.05, 0) is 66.2 Å². The quantitative estimate of drug-likeness (QED) is 0.0109. The lowest BCUT2D eigenvalue weighted by molar-refractivity contribution is -0.434. The molecule has 0 amide bonds. The topological polar surface area (TPSA) is 407 Å². The monoisotopic (exact) mass is 964 g/mol. The molecular weight excluding hydrogens is 940 g/mol. The van der Waals surface area contributed by atoms with Crippen LogP contribution in [0.25, 0.3) is 0 Å². The molecule has 61 heavy (non-hydrogen) atoms. The first-order chi connectivity index (χ1) is 28.9. The Bertz CT molecular complexity index is 2810. The number of nitrogen functional groups attached to an aromatic ring is 2. The Balaban J connectivity index is 1.41. The highest BCUT2D eigenvalue weighted by Crippen LogP contribution is 2.36. The van der Waals surface area contributed by atoms with Gasteiger partial charge >= 0.3 is 0 Å². The van der Waals surface area contributed by atoms with Crippen molar-refractivity contribution < 1.29 is 67.8 Å². The standard InChI is InChI=1S/C28H25ClN12O15S5/c29-26-35-27(32-14-2-1-3-16(10-14)57-55-53-42)37-28(36-26)33-15-4-7-22(60(46,47)48)19(11-15)39-41-21-13-20(24(30)34-25(21)31)40-38-18-6-5-17(12-23(18)61(49,50)51)59(44,45)9-8-52-58-56-54-43/h1-7,10-13,42-43H,8-9H2,(H4,30,31,34)(H,46,47,48)(H,49,50,51)(H2,32,33,35,36,37)/b40-38+,41-39+. The molecule has 2 aromatic heterocycles. The largest absolute Gasteiger partial charge is 0.382 e. The van der Waals surface area contributed by atoms with Gasteiger partial charge in [-0.3, -0.25) is 13.3 Å². The Labute approximate surface area is 356 Å². The van der Waals surface area contributed by atoms with E-state index in [1.807, 2.05) is 0 Å². The van der Waals surface area contributed by atoms with Gasteiger partial charge in [0.2, 0.25) is 17.2 Å². The summed E-state index contributed by atoms with van der Waals surface area (Å²) in [7, 11) is -14.2. The predicted octanol–water partition coefficient (Wildman–Crippen LogP) is 6.10. The molecule has 0 spiro atoms. The lowest BCUT2D eigenvalue weighted by Crippen LogP contribution is -2.12. The number of azo groups is 2. The predicted molar refractivity (Wildman–Crippen MR) is 213 cm³/mol. The molecule has 324 valence electrons. The highest BCUT2D eigenvalue weighted by molar-refractivity contribution is 7.94. The highest BCUT2D eigenvalue weighted by atomic mass is 35.5. The number of benzene rings is 3. The Morgan fingerprint density at radius 3 is 1.90 bits per heavy atom. The highest BCUT2D eigenvalue weighted by Gasteiger charge is 2.23. The average molecular weight is 965 g/mol. The number of hydrogen-bond acceptors (Lipinski definition) is 27. The maximum Gasteiger partial charge on any atom is 0.296 e. The van der Waals surface area contributed by atoms with Gasteiger partial charge in [-0.25, -0.2) is 23.9 Å². The third kappa shape index (κ3) is 13.3. The molecule has 0 atom stereocenters. The number of hydrogen-bond donors (Lipinski definition) is 8. The number of sulfone groups is 1. The number of nitrogens with two attached hydrogens (primary N) is 2. The normalized spacial score (nSPS) is 12.3. The molecule has 0 aliphatic rings. The third-order valence-corrected chi connectivity index (χ3v) is 11.6. The first kappa shape index (κ1) is 46.8. The van der Waals surface area contributed by atoms with E-state index < -0.39 is 68.5 Å². The molecule has 0 fully saturated rings. The molecule has 2 heterocycles. The minimum atomic E-state index is -5.11. The van der Waals surface area contributed by atoms with Gasteiger partial charge in [0.25, 0.3) is 20.2 Å². The van der Waals surface area contributed by atoms with E-state index in [0.717, 1.165) is 30.3 Å². The van der Waals surface area contributed by atoms with Crippen molar-refractivity contribution >= 4 is 124 Å². The van der Waals surface area contributed by atoms with Gasteiger partial charge in [-0.1, -0.05) is 16.1 Å². The second kappa shape index (κ2) is 20.5. The fraction of sp³-hybridized carbons (Fsp3) is 0.0714. The Kier molecular flexibility index (Phi) is 15.7. The van der Waals surface area contributed by atoms with E-state index in [1.165, 1.54) is 6.07 Å². The van der Waals surface area contributed by atoms with Crippen LogP contribution in [0.4, 0.5) is 57.7 Å². The van der Waals surface area contributed by atoms with Crippen LogP contribution in [-0.2, 0) is 53.0 Å². The summed E-state index contributed by atoms with van der Waals surface area (Å²) < 4.78 is 107. The number of aromatic nitrogens is 4. The van der Waals surface area contributed by atoms with Crippen molar-refractivity contribution in [2.75, 3.05) is 34.5 Å². The van der Waals surface area contributed by atoms with Crippen LogP contribution >= 0.6 is 36.0 Å². The molecular formula is C28H25ClN12O15S5. The summed E-state index contributed by atoms with van der Waals surface area (Å²) >= 11 is 6.94. The molecule has 0 unspecified atom stereocenters. The first-order valence-electron chi connectivity index (χ1n) is 15.7. The van der Waals surface area contributed by atoms with E-state index in [0.29, 0.717) is 28.7 Å². The molecule has 5 aromatic rings. The first-order valence-corrected chi connectivity index (χ1v) is 22.0. The Morgan fingerprint density at radius 1 is 0.672 bits per heavy atom. The van der Waals surface area contributed by atoms with Gasteiger partial charge < -0.3 is 22.1 Å². The summed E-state index contributed by atoms with van der Waals surface area (Å²) in [6.45, 7) is -0.491. The second-order valence-electron chi connectivity index (χ2n) is 11.1. The molecule has 0 radical (unpaired) electrons. The molecule has 0 aliphatic carbocycles. The minimum Gasteiger partial charge on any atom is -0.382 e. The SMILES string of the molecule is Nc1nc(N)c(/N=N/c2ccc(S(=O)(=O)CCOSOOO)cc2S(=O)(=O)O)cc1/N=N/c1cc(Nc2nc(Cl)nc(Nc3cccc(SOOO)c3)n2)ccc1S(=O)(=O)O. The lowest BCUT2D eigenvalue weighted by atomic mass is 10.3. The van der Waals surface area contributed by atoms with Crippen molar-refractivity contribution in [2.45, 2.75) is 19.6 Å². The number of nitrogens with zero attached hydrogens (tertiary/aromatic N) is 8. The van der Waals surface area contributed by atoms with E-state index in [9.17, 15) is 34.4 Å². The van der Waals surface area contributed by atoms with Crippen LogP contribution in [0.1, 0.15) is 0 Å². The van der Waals surface area contributed by atoms with Crippen LogP contribution in [-0.4, -0.2) is 77.2 Å². The second-order valence-corrected chi connectivity index (χ2v) is 17.6. The average Bonchev–Trinajstić information content (AvgIpc) is 3.18. The maximum absolute atomic E-state index is 12.7. The molecule has 33 heteroatoms. The molecule has 10 N–H and O–H groups in total. The van der Waals surface area contributed by atoms with Gasteiger partial charge in [0.15, 0.2) is 33.8 Å². The van der Waals surface area contributed by atoms with Crippen LogP contribution in [0, 0.1) is 0 Å². The number of anilines is 6. The molecule has 0 saturated heterocycles. The van der Waals surface area contributed by atoms with Gasteiger partial charge in [0.05, 0.1) is 29.3 Å². The molecule has 3 aromatic carbocycles. The van der Waals surface area contributed by atoms with Crippen molar-refractivity contribution in [1.82, 2.24) is 19.9 Å². The smallest absolute Gasteiger partial charge is 0.296 e. The van der Waals surface area contributed by atoms with Gasteiger partial charge in [0, 0.05) is 22.3 Å². The van der Waals surface area contributed by atoms with E-state index in [1.54, 1.807) is 24.3 Å². The molecule has 0 aliphatic heterocycles. The number of pyridine rings is 1. The molecule has 0 bridgehead atoms. The van der Waals surface area contributed by atoms with Crippen molar-refractivity contribution in [3.05, 3.63) is 72.0 Å². The van der Waals surface area contributed by atoms with Crippen LogP contribution in [0.3, 0.4) is 0 Å². The number of nitrogens with one attached hydrogen (secondary N) is 2. The van der Waals surface area contributed by atoms with Crippen molar-refractivity contribution in [1.29, 1.82) is 0 Å². The number of halogens is 1. The summed E-state index contributed by atoms with van der Waals surface area (Å²) in [5.74, 6) is -1.58. The van der Waals surface area contributed by atoms with E-state index in [-0.39, 0.29) is 58.2 Å². The molecule has 0 saturated carbocycles. The summed E-state index contributed by atoms with van der Waals surface area (Å²) in [5, 5.41) is 44.3. The third-order valence-electron chi connectivity index (χ3n) is 7.03. The van der Waals surface area contributed by atoms with Crippen molar-refractivity contribution in [3.63, 3.8) is 0 Å². The zero-order valence-corrected chi connectivity index (χ0v) is 34.5. The van der Waals surface area contributed by atoms with E-state index in [4.69, 9.17) is 37.8 Å². The Morgan fingerprint density at radius 2 is 1.28 bits per heavy atom. The summed E-state index contributed by atoms with van der Waals surface area (Å²) in [6.07, 6.45) is 0. The van der Waals surface area contributed by atoms with Gasteiger partial charge in [0.1, 0.15) is 32.5 Å². The minimum absolute atomic E-state index is 0.0309. The van der Waals surface area contributed by atoms with E-state index >= 15 is 0 Å². The van der Waals surface area contributed by atoms with E-state index in [2.05, 4.69) is 69.8 Å². The van der Waals surface area contributed by atoms with Crippen LogP contribution in [0.15, 0.2) is 107 Å². The van der Waals surface area contributed by atoms with Gasteiger partial charge in [-0.2, -0.15) is 31.8 Å². The maximum atomic E-state index is 12.7. The van der Waals surface area contributed by atoms with Crippen molar-refractivity contribution in [3.8, 4) is 0 Å². The van der Waals surface area contributed by atoms with Crippen LogP contribution in [0.2, 0.25) is 5.28 Å². The summed E-state index contributed by atoms with van der Waals surface area (Å²) in [5.41, 5.74) is 10.9. The van der Waals surface area contributed by atoms with Crippen LogP contribution in [0.5, 0.6) is 0 Å². The lowest BCUT2D eigenvalue weighted by Gasteiger charge is -2.10. The molecule has 27 nitrogen and oxygen atoms in total. The van der Waals surface area contributed by atoms with Crippen molar-refractivity contribution in [2.24, 2.45) is 20.5 Å².